The maximum absolute atomic E-state index is 12.8. The van der Waals surface area contributed by atoms with Crippen LogP contribution in [-0.2, 0) is 11.2 Å². The second kappa shape index (κ2) is 5.12. The summed E-state index contributed by atoms with van der Waals surface area (Å²) in [6, 6.07) is 5.86. The molecule has 5 heteroatoms. The van der Waals surface area contributed by atoms with Gasteiger partial charge in [-0.2, -0.15) is 5.26 Å². The lowest BCUT2D eigenvalue weighted by molar-refractivity contribution is -0.141. The SMILES string of the molecule is N#CC[C@@H](Cc1ccc(F)c(N)c1)C(=O)O. The van der Waals surface area contributed by atoms with Crippen molar-refractivity contribution in [1.82, 2.24) is 0 Å². The number of hydrogen-bond acceptors (Lipinski definition) is 3. The number of nitriles is 1. The minimum absolute atomic E-state index is 0.0152. The third kappa shape index (κ3) is 2.95. The zero-order valence-electron chi connectivity index (χ0n) is 8.48. The lowest BCUT2D eigenvalue weighted by atomic mass is 9.96. The third-order valence-corrected chi connectivity index (χ3v) is 2.23. The molecule has 0 radical (unpaired) electrons. The Bertz CT molecular complexity index is 440. The van der Waals surface area contributed by atoms with Gasteiger partial charge >= 0.3 is 5.97 Å². The Morgan fingerprint density at radius 3 is 2.81 bits per heavy atom. The summed E-state index contributed by atoms with van der Waals surface area (Å²) in [6.07, 6.45) is 0.0972. The molecule has 0 fully saturated rings. The van der Waals surface area contributed by atoms with Gasteiger partial charge in [-0.15, -0.1) is 0 Å². The first-order valence-corrected chi connectivity index (χ1v) is 4.68. The molecule has 0 aromatic heterocycles. The summed E-state index contributed by atoms with van der Waals surface area (Å²) in [6.45, 7) is 0. The molecule has 1 rings (SSSR count). The number of nitrogens with two attached hydrogens (primary N) is 1. The average Bonchev–Trinajstić information content (AvgIpc) is 2.22. The van der Waals surface area contributed by atoms with Crippen molar-refractivity contribution in [3.8, 4) is 6.07 Å². The molecule has 0 saturated carbocycles. The fourth-order valence-corrected chi connectivity index (χ4v) is 1.36. The summed E-state index contributed by atoms with van der Waals surface area (Å²) in [4.78, 5) is 10.8. The van der Waals surface area contributed by atoms with Gasteiger partial charge in [0.2, 0.25) is 0 Å². The first-order valence-electron chi connectivity index (χ1n) is 4.68. The summed E-state index contributed by atoms with van der Waals surface area (Å²) in [5.41, 5.74) is 5.96. The number of carboxylic acid groups (broad SMARTS) is 1. The number of carbonyl (C=O) groups is 1. The molecule has 3 N–H and O–H groups in total. The molecule has 0 heterocycles. The van der Waals surface area contributed by atoms with Crippen LogP contribution >= 0.6 is 0 Å². The molecule has 0 unspecified atom stereocenters. The quantitative estimate of drug-likeness (QED) is 0.757. The Labute approximate surface area is 92.1 Å². The van der Waals surface area contributed by atoms with E-state index >= 15 is 0 Å². The molecule has 1 aromatic carbocycles. The minimum atomic E-state index is -1.04. The van der Waals surface area contributed by atoms with Crippen LogP contribution in [0.3, 0.4) is 0 Å². The molecule has 0 aliphatic carbocycles. The molecule has 0 aliphatic rings. The lowest BCUT2D eigenvalue weighted by Crippen LogP contribution is -2.16. The molecule has 1 atom stereocenters. The van der Waals surface area contributed by atoms with E-state index in [1.165, 1.54) is 18.2 Å². The largest absolute Gasteiger partial charge is 0.481 e. The highest BCUT2D eigenvalue weighted by atomic mass is 19.1. The van der Waals surface area contributed by atoms with Gasteiger partial charge in [-0.1, -0.05) is 6.07 Å². The lowest BCUT2D eigenvalue weighted by Gasteiger charge is -2.09. The monoisotopic (exact) mass is 222 g/mol. The second-order valence-corrected chi connectivity index (χ2v) is 3.46. The Kier molecular flexibility index (Phi) is 3.84. The molecule has 84 valence electrons. The van der Waals surface area contributed by atoms with Crippen LogP contribution in [0.1, 0.15) is 12.0 Å². The van der Waals surface area contributed by atoms with Crippen LogP contribution in [0.15, 0.2) is 18.2 Å². The standard InChI is InChI=1S/C11H11FN2O2/c12-9-2-1-7(6-10(9)14)5-8(3-4-13)11(15)16/h1-2,6,8H,3,5,14H2,(H,15,16)/t8-/m0/s1. The first-order chi connectivity index (χ1) is 7.54. The highest BCUT2D eigenvalue weighted by molar-refractivity contribution is 5.70. The van der Waals surface area contributed by atoms with Crippen LogP contribution < -0.4 is 5.73 Å². The Hall–Kier alpha value is -2.09. The number of halogens is 1. The van der Waals surface area contributed by atoms with E-state index in [-0.39, 0.29) is 18.5 Å². The summed E-state index contributed by atoms with van der Waals surface area (Å²) in [5.74, 6) is -2.35. The van der Waals surface area contributed by atoms with Gasteiger partial charge < -0.3 is 10.8 Å². The summed E-state index contributed by atoms with van der Waals surface area (Å²) < 4.78 is 12.8. The molecular weight excluding hydrogens is 211 g/mol. The molecule has 1 aromatic rings. The topological polar surface area (TPSA) is 87.1 Å². The molecule has 0 amide bonds. The molecule has 16 heavy (non-hydrogen) atoms. The van der Waals surface area contributed by atoms with Gasteiger partial charge in [0.15, 0.2) is 0 Å². The smallest absolute Gasteiger partial charge is 0.307 e. The van der Waals surface area contributed by atoms with E-state index in [1.807, 2.05) is 6.07 Å². The molecule has 0 saturated heterocycles. The average molecular weight is 222 g/mol. The van der Waals surface area contributed by atoms with E-state index in [1.54, 1.807) is 0 Å². The van der Waals surface area contributed by atoms with E-state index in [0.717, 1.165) is 0 Å². The van der Waals surface area contributed by atoms with Crippen LogP contribution in [0.2, 0.25) is 0 Å². The van der Waals surface area contributed by atoms with Crippen LogP contribution in [0.4, 0.5) is 10.1 Å². The molecule has 0 bridgehead atoms. The Morgan fingerprint density at radius 1 is 1.62 bits per heavy atom. The number of anilines is 1. The van der Waals surface area contributed by atoms with Crippen molar-refractivity contribution < 1.29 is 14.3 Å². The van der Waals surface area contributed by atoms with E-state index in [0.29, 0.717) is 5.56 Å². The normalized spacial score (nSPS) is 11.8. The fourth-order valence-electron chi connectivity index (χ4n) is 1.36. The van der Waals surface area contributed by atoms with Gasteiger partial charge in [-0.05, 0) is 24.1 Å². The van der Waals surface area contributed by atoms with Crippen molar-refractivity contribution in [2.45, 2.75) is 12.8 Å². The van der Waals surface area contributed by atoms with E-state index < -0.39 is 17.7 Å². The second-order valence-electron chi connectivity index (χ2n) is 3.46. The molecule has 0 aliphatic heterocycles. The highest BCUT2D eigenvalue weighted by Crippen LogP contribution is 2.17. The summed E-state index contributed by atoms with van der Waals surface area (Å²) in [5, 5.41) is 17.3. The predicted molar refractivity (Wildman–Crippen MR) is 55.9 cm³/mol. The van der Waals surface area contributed by atoms with E-state index in [4.69, 9.17) is 16.1 Å². The predicted octanol–water partition coefficient (Wildman–Crippen LogP) is 1.56. The van der Waals surface area contributed by atoms with Gasteiger partial charge in [-0.25, -0.2) is 4.39 Å². The number of aliphatic carboxylic acids is 1. The van der Waals surface area contributed by atoms with Crippen molar-refractivity contribution in [3.63, 3.8) is 0 Å². The van der Waals surface area contributed by atoms with Crippen LogP contribution in [0.25, 0.3) is 0 Å². The highest BCUT2D eigenvalue weighted by Gasteiger charge is 2.17. The maximum Gasteiger partial charge on any atom is 0.307 e. The van der Waals surface area contributed by atoms with Crippen molar-refractivity contribution in [3.05, 3.63) is 29.6 Å². The molecule has 0 spiro atoms. The van der Waals surface area contributed by atoms with Crippen molar-refractivity contribution in [2.24, 2.45) is 5.92 Å². The maximum atomic E-state index is 12.8. The minimum Gasteiger partial charge on any atom is -0.481 e. The first kappa shape index (κ1) is 12.0. The Morgan fingerprint density at radius 2 is 2.31 bits per heavy atom. The van der Waals surface area contributed by atoms with Crippen LogP contribution in [-0.4, -0.2) is 11.1 Å². The zero-order valence-corrected chi connectivity index (χ0v) is 8.48. The van der Waals surface area contributed by atoms with E-state index in [9.17, 15) is 9.18 Å². The number of benzene rings is 1. The summed E-state index contributed by atoms with van der Waals surface area (Å²) >= 11 is 0. The van der Waals surface area contributed by atoms with Gasteiger partial charge in [0.1, 0.15) is 5.82 Å². The van der Waals surface area contributed by atoms with Crippen LogP contribution in [0, 0.1) is 23.1 Å². The molecular formula is C11H11FN2O2. The van der Waals surface area contributed by atoms with Gasteiger partial charge in [-0.3, -0.25) is 4.79 Å². The number of carboxylic acids is 1. The van der Waals surface area contributed by atoms with Crippen molar-refractivity contribution >= 4 is 11.7 Å². The van der Waals surface area contributed by atoms with E-state index in [2.05, 4.69) is 0 Å². The van der Waals surface area contributed by atoms with Gasteiger partial charge in [0, 0.05) is 6.42 Å². The van der Waals surface area contributed by atoms with Crippen molar-refractivity contribution in [2.75, 3.05) is 5.73 Å². The number of hydrogen-bond donors (Lipinski definition) is 2. The molecule has 4 nitrogen and oxygen atoms in total. The Balaban J connectivity index is 2.82. The van der Waals surface area contributed by atoms with Crippen LogP contribution in [0.5, 0.6) is 0 Å². The van der Waals surface area contributed by atoms with Gasteiger partial charge in [0.25, 0.3) is 0 Å². The number of nitrogens with zero attached hydrogens (tertiary/aromatic N) is 1. The number of rotatable bonds is 4. The number of nitrogen functional groups attached to an aromatic ring is 1. The zero-order chi connectivity index (χ0) is 12.1. The van der Waals surface area contributed by atoms with Crippen molar-refractivity contribution in [1.29, 1.82) is 5.26 Å². The van der Waals surface area contributed by atoms with Gasteiger partial charge in [0.05, 0.1) is 17.7 Å². The fraction of sp³-hybridized carbons (Fsp3) is 0.273. The summed E-state index contributed by atoms with van der Waals surface area (Å²) in [7, 11) is 0. The third-order valence-electron chi connectivity index (χ3n) is 2.23.